The van der Waals surface area contributed by atoms with E-state index in [-0.39, 0.29) is 5.56 Å². The third kappa shape index (κ3) is 2.00. The zero-order valence-corrected chi connectivity index (χ0v) is 11.8. The number of anilines is 1. The number of hydrogen-bond acceptors (Lipinski definition) is 5. The molecule has 3 aromatic heterocycles. The third-order valence-corrected chi connectivity index (χ3v) is 4.24. The number of hydrogen-bond donors (Lipinski definition) is 1. The molecule has 4 aromatic rings. The summed E-state index contributed by atoms with van der Waals surface area (Å²) in [7, 11) is 0. The first kappa shape index (κ1) is 12.2. The summed E-state index contributed by atoms with van der Waals surface area (Å²) >= 11 is 1.56. The topological polar surface area (TPSA) is 74.0 Å². The molecule has 0 amide bonds. The standard InChI is InChI=1S/C15H11N3O2S/c16-9-1-2-12-11(7-9)17-14(20-12)8-18-5-3-13-10(15(18)19)4-6-21-13/h1-7H,8,16H2. The lowest BCUT2D eigenvalue weighted by Gasteiger charge is -2.01. The second-order valence-corrected chi connectivity index (χ2v) is 5.73. The first-order valence-corrected chi connectivity index (χ1v) is 7.30. The molecule has 0 saturated carbocycles. The Morgan fingerprint density at radius 2 is 2.19 bits per heavy atom. The highest BCUT2D eigenvalue weighted by molar-refractivity contribution is 7.17. The number of pyridine rings is 1. The van der Waals surface area contributed by atoms with E-state index in [4.69, 9.17) is 10.2 Å². The van der Waals surface area contributed by atoms with Gasteiger partial charge in [0.05, 0.1) is 5.39 Å². The molecule has 0 saturated heterocycles. The minimum atomic E-state index is -0.0319. The number of nitrogens with two attached hydrogens (primary N) is 1. The second-order valence-electron chi connectivity index (χ2n) is 4.78. The summed E-state index contributed by atoms with van der Waals surface area (Å²) in [4.78, 5) is 16.7. The highest BCUT2D eigenvalue weighted by Crippen LogP contribution is 2.20. The average Bonchev–Trinajstić information content (AvgIpc) is 3.07. The molecule has 4 rings (SSSR count). The minimum Gasteiger partial charge on any atom is -0.439 e. The lowest BCUT2D eigenvalue weighted by Crippen LogP contribution is -2.19. The van der Waals surface area contributed by atoms with Crippen LogP contribution in [-0.2, 0) is 6.54 Å². The summed E-state index contributed by atoms with van der Waals surface area (Å²) in [6, 6.07) is 9.08. The predicted molar refractivity (Wildman–Crippen MR) is 83.6 cm³/mol. The van der Waals surface area contributed by atoms with E-state index in [0.29, 0.717) is 29.2 Å². The highest BCUT2D eigenvalue weighted by Gasteiger charge is 2.09. The molecule has 0 aliphatic heterocycles. The third-order valence-electron chi connectivity index (χ3n) is 3.35. The quantitative estimate of drug-likeness (QED) is 0.577. The van der Waals surface area contributed by atoms with Crippen LogP contribution < -0.4 is 11.3 Å². The predicted octanol–water partition coefficient (Wildman–Crippen LogP) is 2.83. The van der Waals surface area contributed by atoms with Crippen molar-refractivity contribution in [3.05, 3.63) is 58.2 Å². The van der Waals surface area contributed by atoms with Gasteiger partial charge in [0.1, 0.15) is 12.1 Å². The van der Waals surface area contributed by atoms with E-state index in [1.165, 1.54) is 0 Å². The molecule has 3 heterocycles. The molecule has 21 heavy (non-hydrogen) atoms. The number of nitrogen functional groups attached to an aromatic ring is 1. The van der Waals surface area contributed by atoms with Crippen LogP contribution in [0, 0.1) is 0 Å². The normalized spacial score (nSPS) is 11.4. The van der Waals surface area contributed by atoms with Gasteiger partial charge in [0, 0.05) is 16.6 Å². The Hall–Kier alpha value is -2.60. The Labute approximate surface area is 123 Å². The lowest BCUT2D eigenvalue weighted by atomic mass is 10.3. The summed E-state index contributed by atoms with van der Waals surface area (Å²) < 4.78 is 8.24. The Kier molecular flexibility index (Phi) is 2.58. The Morgan fingerprint density at radius 3 is 3.10 bits per heavy atom. The van der Waals surface area contributed by atoms with Gasteiger partial charge in [0.25, 0.3) is 5.56 Å². The van der Waals surface area contributed by atoms with Gasteiger partial charge in [-0.25, -0.2) is 4.98 Å². The maximum absolute atomic E-state index is 12.3. The van der Waals surface area contributed by atoms with Gasteiger partial charge in [-0.3, -0.25) is 4.79 Å². The zero-order valence-electron chi connectivity index (χ0n) is 10.9. The molecule has 0 radical (unpaired) electrons. The number of oxazole rings is 1. The molecule has 0 fully saturated rings. The number of aromatic nitrogens is 2. The maximum Gasteiger partial charge on any atom is 0.259 e. The molecule has 0 aliphatic carbocycles. The molecule has 0 spiro atoms. The molecular weight excluding hydrogens is 286 g/mol. The fraction of sp³-hybridized carbons (Fsp3) is 0.0667. The fourth-order valence-electron chi connectivity index (χ4n) is 2.34. The van der Waals surface area contributed by atoms with E-state index in [1.807, 2.05) is 17.5 Å². The summed E-state index contributed by atoms with van der Waals surface area (Å²) in [5, 5.41) is 2.64. The summed E-state index contributed by atoms with van der Waals surface area (Å²) in [5.41, 5.74) is 7.70. The molecular formula is C15H11N3O2S. The van der Waals surface area contributed by atoms with Crippen molar-refractivity contribution in [1.82, 2.24) is 9.55 Å². The first-order valence-electron chi connectivity index (χ1n) is 6.42. The van der Waals surface area contributed by atoms with E-state index < -0.39 is 0 Å². The van der Waals surface area contributed by atoms with E-state index in [9.17, 15) is 4.79 Å². The van der Waals surface area contributed by atoms with Crippen LogP contribution in [0.3, 0.4) is 0 Å². The molecule has 6 heteroatoms. The van der Waals surface area contributed by atoms with Crippen LogP contribution in [0.1, 0.15) is 5.89 Å². The number of benzene rings is 1. The zero-order chi connectivity index (χ0) is 14.4. The van der Waals surface area contributed by atoms with Crippen molar-refractivity contribution in [1.29, 1.82) is 0 Å². The number of rotatable bonds is 2. The largest absolute Gasteiger partial charge is 0.439 e. The van der Waals surface area contributed by atoms with Gasteiger partial charge in [0.15, 0.2) is 5.58 Å². The lowest BCUT2D eigenvalue weighted by molar-refractivity contribution is 0.505. The molecule has 5 nitrogen and oxygen atoms in total. The van der Waals surface area contributed by atoms with Crippen LogP contribution in [0.15, 0.2) is 51.1 Å². The van der Waals surface area contributed by atoms with Crippen LogP contribution in [0.5, 0.6) is 0 Å². The molecule has 0 aliphatic rings. The van der Waals surface area contributed by atoms with Gasteiger partial charge in [-0.1, -0.05) is 0 Å². The Bertz CT molecular complexity index is 1010. The molecule has 0 unspecified atom stereocenters. The monoisotopic (exact) mass is 297 g/mol. The molecule has 104 valence electrons. The van der Waals surface area contributed by atoms with Gasteiger partial charge in [-0.05, 0) is 35.7 Å². The van der Waals surface area contributed by atoms with Gasteiger partial charge in [0.2, 0.25) is 5.89 Å². The van der Waals surface area contributed by atoms with E-state index in [0.717, 1.165) is 10.1 Å². The van der Waals surface area contributed by atoms with E-state index in [1.54, 1.807) is 40.3 Å². The summed E-state index contributed by atoms with van der Waals surface area (Å²) in [5.74, 6) is 0.493. The Balaban J connectivity index is 1.78. The highest BCUT2D eigenvalue weighted by atomic mass is 32.1. The maximum atomic E-state index is 12.3. The van der Waals surface area contributed by atoms with Crippen LogP contribution in [0.4, 0.5) is 5.69 Å². The summed E-state index contributed by atoms with van der Waals surface area (Å²) in [6.07, 6.45) is 1.77. The van der Waals surface area contributed by atoms with Crippen molar-refractivity contribution >= 4 is 38.2 Å². The minimum absolute atomic E-state index is 0.0319. The number of fused-ring (bicyclic) bond motifs is 2. The van der Waals surface area contributed by atoms with Gasteiger partial charge >= 0.3 is 0 Å². The number of thiophene rings is 1. The van der Waals surface area contributed by atoms with Crippen molar-refractivity contribution in [2.45, 2.75) is 6.54 Å². The fourth-order valence-corrected chi connectivity index (χ4v) is 3.11. The van der Waals surface area contributed by atoms with Crippen molar-refractivity contribution < 1.29 is 4.42 Å². The van der Waals surface area contributed by atoms with Crippen LogP contribution in [0.2, 0.25) is 0 Å². The van der Waals surface area contributed by atoms with Crippen molar-refractivity contribution in [3.63, 3.8) is 0 Å². The van der Waals surface area contributed by atoms with Gasteiger partial charge in [-0.15, -0.1) is 11.3 Å². The molecule has 2 N–H and O–H groups in total. The average molecular weight is 297 g/mol. The smallest absolute Gasteiger partial charge is 0.259 e. The van der Waals surface area contributed by atoms with Crippen LogP contribution >= 0.6 is 11.3 Å². The van der Waals surface area contributed by atoms with Crippen molar-refractivity contribution in [2.24, 2.45) is 0 Å². The molecule has 1 aromatic carbocycles. The molecule has 0 bridgehead atoms. The second kappa shape index (κ2) is 4.46. The summed E-state index contributed by atoms with van der Waals surface area (Å²) in [6.45, 7) is 0.305. The number of nitrogens with zero attached hydrogens (tertiary/aromatic N) is 2. The Morgan fingerprint density at radius 1 is 1.29 bits per heavy atom. The first-order chi connectivity index (χ1) is 10.2. The van der Waals surface area contributed by atoms with Gasteiger partial charge < -0.3 is 14.7 Å². The van der Waals surface area contributed by atoms with Crippen LogP contribution in [0.25, 0.3) is 21.2 Å². The molecule has 0 atom stereocenters. The van der Waals surface area contributed by atoms with Crippen molar-refractivity contribution in [3.8, 4) is 0 Å². The van der Waals surface area contributed by atoms with Crippen LogP contribution in [-0.4, -0.2) is 9.55 Å². The van der Waals surface area contributed by atoms with Crippen molar-refractivity contribution in [2.75, 3.05) is 5.73 Å². The van der Waals surface area contributed by atoms with E-state index in [2.05, 4.69) is 4.98 Å². The SMILES string of the molecule is Nc1ccc2oc(Cn3ccc4sccc4c3=O)nc2c1. The van der Waals surface area contributed by atoms with Gasteiger partial charge in [-0.2, -0.15) is 0 Å². The van der Waals surface area contributed by atoms with E-state index >= 15 is 0 Å².